The number of nitrogens with zero attached hydrogens (tertiary/aromatic N) is 1. The average molecular weight is 488 g/mol. The fourth-order valence-electron chi connectivity index (χ4n) is 2.97. The number of carbonyl (C=O) groups excluding carboxylic acids is 1. The van der Waals surface area contributed by atoms with Gasteiger partial charge in [0.15, 0.2) is 6.61 Å². The summed E-state index contributed by atoms with van der Waals surface area (Å²) in [5.74, 6) is 0.0936. The molecule has 7 nitrogen and oxygen atoms in total. The van der Waals surface area contributed by atoms with Crippen molar-refractivity contribution in [2.24, 2.45) is 0 Å². The first-order chi connectivity index (χ1) is 15.3. The van der Waals surface area contributed by atoms with Crippen LogP contribution < -0.4 is 14.8 Å². The number of nitrogens with one attached hydrogen (secondary N) is 2. The Kier molecular flexibility index (Phi) is 6.31. The van der Waals surface area contributed by atoms with E-state index in [0.29, 0.717) is 27.7 Å². The van der Waals surface area contributed by atoms with Crippen molar-refractivity contribution in [2.75, 3.05) is 16.6 Å². The summed E-state index contributed by atoms with van der Waals surface area (Å²) in [5.41, 5.74) is 1.64. The number of aromatic nitrogens is 1. The molecule has 0 fully saturated rings. The van der Waals surface area contributed by atoms with Crippen molar-refractivity contribution in [1.29, 1.82) is 0 Å². The Morgan fingerprint density at radius 2 is 1.81 bits per heavy atom. The van der Waals surface area contributed by atoms with Gasteiger partial charge in [0, 0.05) is 28.0 Å². The van der Waals surface area contributed by atoms with Crippen molar-refractivity contribution in [3.05, 3.63) is 77.4 Å². The van der Waals surface area contributed by atoms with E-state index >= 15 is 0 Å². The minimum atomic E-state index is -3.78. The van der Waals surface area contributed by atoms with Crippen LogP contribution in [0.4, 0.5) is 11.4 Å². The topological polar surface area (TPSA) is 97.4 Å². The van der Waals surface area contributed by atoms with Crippen LogP contribution in [0.2, 0.25) is 5.02 Å². The molecule has 3 aromatic carbocycles. The van der Waals surface area contributed by atoms with Crippen LogP contribution >= 0.6 is 23.1 Å². The minimum Gasteiger partial charge on any atom is -0.483 e. The molecule has 0 saturated carbocycles. The van der Waals surface area contributed by atoms with Gasteiger partial charge in [0.25, 0.3) is 15.9 Å². The number of aryl methyl sites for hydroxylation is 1. The maximum Gasteiger partial charge on any atom is 0.262 e. The normalized spacial score (nSPS) is 11.3. The summed E-state index contributed by atoms with van der Waals surface area (Å²) in [6.07, 6.45) is 1.74. The molecule has 164 valence electrons. The Bertz CT molecular complexity index is 1390. The number of anilines is 2. The van der Waals surface area contributed by atoms with Crippen LogP contribution in [-0.2, 0) is 14.8 Å². The van der Waals surface area contributed by atoms with Gasteiger partial charge in [-0.25, -0.2) is 8.42 Å². The van der Waals surface area contributed by atoms with Gasteiger partial charge in [-0.1, -0.05) is 11.6 Å². The van der Waals surface area contributed by atoms with Gasteiger partial charge in [-0.2, -0.15) is 4.37 Å². The van der Waals surface area contributed by atoms with Crippen LogP contribution in [0.5, 0.6) is 5.75 Å². The smallest absolute Gasteiger partial charge is 0.262 e. The van der Waals surface area contributed by atoms with E-state index in [4.69, 9.17) is 16.3 Å². The van der Waals surface area contributed by atoms with Gasteiger partial charge in [-0.05, 0) is 84.7 Å². The zero-order valence-electron chi connectivity index (χ0n) is 16.8. The van der Waals surface area contributed by atoms with E-state index in [1.54, 1.807) is 43.5 Å². The second kappa shape index (κ2) is 9.15. The third kappa shape index (κ3) is 5.18. The molecular weight excluding hydrogens is 470 g/mol. The number of hydrogen-bond acceptors (Lipinski definition) is 6. The standard InChI is InChI=1S/C22H18ClN3O4S2/c1-14-10-19(32(28,29)26-17-4-2-16(23)3-5-17)7-8-20(14)30-13-22(27)25-18-6-9-21-15(11-18)12-24-31-21/h2-12,26H,13H2,1H3,(H,25,27). The molecule has 0 aliphatic heterocycles. The lowest BCUT2D eigenvalue weighted by Crippen LogP contribution is -2.20. The lowest BCUT2D eigenvalue weighted by Gasteiger charge is -2.12. The van der Waals surface area contributed by atoms with Crippen LogP contribution in [-0.4, -0.2) is 25.3 Å². The second-order valence-corrected chi connectivity index (χ2v) is 9.91. The minimum absolute atomic E-state index is 0.0828. The molecule has 32 heavy (non-hydrogen) atoms. The molecule has 0 radical (unpaired) electrons. The Morgan fingerprint density at radius 3 is 2.56 bits per heavy atom. The molecule has 10 heteroatoms. The van der Waals surface area contributed by atoms with Crippen LogP contribution in [0.25, 0.3) is 10.1 Å². The van der Waals surface area contributed by atoms with Gasteiger partial charge in [-0.15, -0.1) is 0 Å². The predicted octanol–water partition coefficient (Wildman–Crippen LogP) is 5.08. The van der Waals surface area contributed by atoms with Crippen molar-refractivity contribution in [1.82, 2.24) is 4.37 Å². The molecule has 0 unspecified atom stereocenters. The fraction of sp³-hybridized carbons (Fsp3) is 0.0909. The third-order valence-corrected chi connectivity index (χ3v) is 6.96. The van der Waals surface area contributed by atoms with Crippen molar-refractivity contribution in [2.45, 2.75) is 11.8 Å². The molecule has 0 spiro atoms. The first-order valence-electron chi connectivity index (χ1n) is 9.46. The molecule has 4 rings (SSSR count). The summed E-state index contributed by atoms with van der Waals surface area (Å²) in [7, 11) is -3.78. The number of fused-ring (bicyclic) bond motifs is 1. The number of carbonyl (C=O) groups is 1. The Balaban J connectivity index is 1.39. The summed E-state index contributed by atoms with van der Waals surface area (Å²) < 4.78 is 38.5. The Hall–Kier alpha value is -3.14. The number of halogens is 1. The molecule has 4 aromatic rings. The van der Waals surface area contributed by atoms with Gasteiger partial charge in [0.2, 0.25) is 0 Å². The van der Waals surface area contributed by atoms with E-state index in [9.17, 15) is 13.2 Å². The number of sulfonamides is 1. The van der Waals surface area contributed by atoms with Crippen LogP contribution in [0.15, 0.2) is 71.8 Å². The number of benzene rings is 3. The first kappa shape index (κ1) is 22.1. The van der Waals surface area contributed by atoms with E-state index in [0.717, 1.165) is 10.1 Å². The summed E-state index contributed by atoms with van der Waals surface area (Å²) >= 11 is 7.22. The molecule has 0 bridgehead atoms. The number of amides is 1. The lowest BCUT2D eigenvalue weighted by molar-refractivity contribution is -0.118. The molecule has 1 aromatic heterocycles. The number of rotatable bonds is 7. The van der Waals surface area contributed by atoms with Gasteiger partial charge in [0.1, 0.15) is 5.75 Å². The van der Waals surface area contributed by atoms with Gasteiger partial charge < -0.3 is 10.1 Å². The van der Waals surface area contributed by atoms with E-state index in [-0.39, 0.29) is 17.4 Å². The summed E-state index contributed by atoms with van der Waals surface area (Å²) in [6.45, 7) is 1.50. The van der Waals surface area contributed by atoms with Gasteiger partial charge in [-0.3, -0.25) is 9.52 Å². The van der Waals surface area contributed by atoms with E-state index in [1.165, 1.54) is 29.7 Å². The molecule has 0 saturated heterocycles. The third-order valence-electron chi connectivity index (χ3n) is 4.55. The predicted molar refractivity (Wildman–Crippen MR) is 127 cm³/mol. The summed E-state index contributed by atoms with van der Waals surface area (Å²) in [4.78, 5) is 12.3. The Labute approximate surface area is 194 Å². The van der Waals surface area contributed by atoms with E-state index < -0.39 is 10.0 Å². The Morgan fingerprint density at radius 1 is 1.06 bits per heavy atom. The van der Waals surface area contributed by atoms with Crippen LogP contribution in [0, 0.1) is 6.92 Å². The quantitative estimate of drug-likeness (QED) is 0.379. The molecule has 2 N–H and O–H groups in total. The number of hydrogen-bond donors (Lipinski definition) is 2. The zero-order chi connectivity index (χ0) is 22.7. The fourth-order valence-corrected chi connectivity index (χ4v) is 4.87. The first-order valence-corrected chi connectivity index (χ1v) is 12.1. The van der Waals surface area contributed by atoms with Gasteiger partial charge in [0.05, 0.1) is 9.60 Å². The highest BCUT2D eigenvalue weighted by Crippen LogP contribution is 2.25. The second-order valence-electron chi connectivity index (χ2n) is 6.95. The average Bonchev–Trinajstić information content (AvgIpc) is 3.22. The highest BCUT2D eigenvalue weighted by Gasteiger charge is 2.16. The maximum absolute atomic E-state index is 12.6. The summed E-state index contributed by atoms with van der Waals surface area (Å²) in [6, 6.07) is 16.3. The van der Waals surface area contributed by atoms with Crippen molar-refractivity contribution in [3.8, 4) is 5.75 Å². The SMILES string of the molecule is Cc1cc(S(=O)(=O)Nc2ccc(Cl)cc2)ccc1OCC(=O)Nc1ccc2sncc2c1. The van der Waals surface area contributed by atoms with Gasteiger partial charge >= 0.3 is 0 Å². The molecular formula is C22H18ClN3O4S2. The maximum atomic E-state index is 12.6. The van der Waals surface area contributed by atoms with Crippen LogP contribution in [0.1, 0.15) is 5.56 Å². The van der Waals surface area contributed by atoms with Crippen LogP contribution in [0.3, 0.4) is 0 Å². The molecule has 0 aliphatic rings. The molecule has 0 atom stereocenters. The molecule has 1 heterocycles. The highest BCUT2D eigenvalue weighted by molar-refractivity contribution is 7.92. The van der Waals surface area contributed by atoms with E-state index in [1.807, 2.05) is 12.1 Å². The monoisotopic (exact) mass is 487 g/mol. The summed E-state index contributed by atoms with van der Waals surface area (Å²) in [5, 5.41) is 4.24. The molecule has 0 aliphatic carbocycles. The number of ether oxygens (including phenoxy) is 1. The van der Waals surface area contributed by atoms with Crippen molar-refractivity contribution in [3.63, 3.8) is 0 Å². The molecule has 1 amide bonds. The lowest BCUT2D eigenvalue weighted by atomic mass is 10.2. The zero-order valence-corrected chi connectivity index (χ0v) is 19.2. The van der Waals surface area contributed by atoms with Crippen molar-refractivity contribution < 1.29 is 17.9 Å². The van der Waals surface area contributed by atoms with E-state index in [2.05, 4.69) is 14.4 Å². The van der Waals surface area contributed by atoms with Crippen molar-refractivity contribution >= 4 is 60.5 Å². The highest BCUT2D eigenvalue weighted by atomic mass is 35.5. The largest absolute Gasteiger partial charge is 0.483 e.